The van der Waals surface area contributed by atoms with Gasteiger partial charge in [0.2, 0.25) is 0 Å². The second-order valence-electron chi connectivity index (χ2n) is 8.57. The second-order valence-corrected chi connectivity index (χ2v) is 9.01. The molecule has 4 rings (SSSR count). The molecule has 1 amide bonds. The van der Waals surface area contributed by atoms with Crippen molar-refractivity contribution in [3.05, 3.63) is 53.8 Å². The molecule has 1 N–H and O–H groups in total. The SMILES string of the molecule is CONC(=O)CN1CCN(CCCCCOc2ccc3c(-c4ccc(Cl)cc4)coc3c2)CC1. The number of fused-ring (bicyclic) bond motifs is 1. The Morgan fingerprint density at radius 3 is 2.56 bits per heavy atom. The van der Waals surface area contributed by atoms with Crippen molar-refractivity contribution in [2.45, 2.75) is 19.3 Å². The summed E-state index contributed by atoms with van der Waals surface area (Å²) in [6, 6.07) is 13.8. The van der Waals surface area contributed by atoms with E-state index in [0.29, 0.717) is 13.2 Å². The van der Waals surface area contributed by atoms with Crippen molar-refractivity contribution in [1.29, 1.82) is 0 Å². The zero-order valence-electron chi connectivity index (χ0n) is 19.6. The number of unbranched alkanes of at least 4 members (excludes halogenated alkanes) is 2. The lowest BCUT2D eigenvalue weighted by molar-refractivity contribution is -0.132. The Morgan fingerprint density at radius 1 is 1.03 bits per heavy atom. The number of ether oxygens (including phenoxy) is 1. The third-order valence-electron chi connectivity index (χ3n) is 6.14. The van der Waals surface area contributed by atoms with Gasteiger partial charge in [-0.2, -0.15) is 0 Å². The number of benzene rings is 2. The molecule has 182 valence electrons. The number of rotatable bonds is 11. The number of furan rings is 1. The number of halogens is 1. The zero-order valence-corrected chi connectivity index (χ0v) is 20.4. The highest BCUT2D eigenvalue weighted by molar-refractivity contribution is 6.30. The molecule has 3 aromatic rings. The minimum atomic E-state index is -0.0934. The Labute approximate surface area is 205 Å². The minimum Gasteiger partial charge on any atom is -0.493 e. The summed E-state index contributed by atoms with van der Waals surface area (Å²) in [5.41, 5.74) is 5.32. The Bertz CT molecular complexity index is 1060. The number of hydroxylamine groups is 1. The summed E-state index contributed by atoms with van der Waals surface area (Å²) in [4.78, 5) is 20.9. The molecule has 1 aromatic heterocycles. The van der Waals surface area contributed by atoms with Crippen molar-refractivity contribution in [3.63, 3.8) is 0 Å². The molecular formula is C26H32ClN3O4. The van der Waals surface area contributed by atoms with Gasteiger partial charge in [-0.3, -0.25) is 14.5 Å². The molecule has 0 saturated carbocycles. The fourth-order valence-electron chi connectivity index (χ4n) is 4.28. The van der Waals surface area contributed by atoms with Gasteiger partial charge in [-0.1, -0.05) is 23.7 Å². The highest BCUT2D eigenvalue weighted by Gasteiger charge is 2.18. The minimum absolute atomic E-state index is 0.0934. The molecule has 34 heavy (non-hydrogen) atoms. The van der Waals surface area contributed by atoms with Crippen molar-refractivity contribution < 1.29 is 18.8 Å². The topological polar surface area (TPSA) is 67.2 Å². The summed E-state index contributed by atoms with van der Waals surface area (Å²) >= 11 is 6.00. The number of carbonyl (C=O) groups excluding carboxylic acids is 1. The van der Waals surface area contributed by atoms with Crippen molar-refractivity contribution >= 4 is 28.5 Å². The fourth-order valence-corrected chi connectivity index (χ4v) is 4.40. The lowest BCUT2D eigenvalue weighted by atomic mass is 10.0. The first-order chi connectivity index (χ1) is 16.6. The predicted molar refractivity (Wildman–Crippen MR) is 134 cm³/mol. The molecule has 0 aliphatic carbocycles. The van der Waals surface area contributed by atoms with Gasteiger partial charge in [0.15, 0.2) is 0 Å². The van der Waals surface area contributed by atoms with Crippen LogP contribution in [0, 0.1) is 0 Å². The molecule has 1 aliphatic rings. The molecule has 1 saturated heterocycles. The smallest absolute Gasteiger partial charge is 0.257 e. The first-order valence-electron chi connectivity index (χ1n) is 11.8. The lowest BCUT2D eigenvalue weighted by Gasteiger charge is -2.34. The van der Waals surface area contributed by atoms with Crippen LogP contribution < -0.4 is 10.2 Å². The summed E-state index contributed by atoms with van der Waals surface area (Å²) in [6.07, 6.45) is 5.07. The van der Waals surface area contributed by atoms with E-state index in [1.165, 1.54) is 7.11 Å². The van der Waals surface area contributed by atoms with Crippen LogP contribution in [-0.2, 0) is 9.63 Å². The van der Waals surface area contributed by atoms with Crippen LogP contribution in [0.5, 0.6) is 5.75 Å². The molecule has 0 radical (unpaired) electrons. The van der Waals surface area contributed by atoms with Gasteiger partial charge in [-0.05, 0) is 55.6 Å². The maximum absolute atomic E-state index is 11.6. The molecule has 0 unspecified atom stereocenters. The van der Waals surface area contributed by atoms with Gasteiger partial charge in [0, 0.05) is 48.2 Å². The Kier molecular flexibility index (Phi) is 8.82. The molecule has 2 aromatic carbocycles. The van der Waals surface area contributed by atoms with E-state index in [0.717, 1.165) is 84.9 Å². The van der Waals surface area contributed by atoms with Gasteiger partial charge in [0.1, 0.15) is 11.3 Å². The van der Waals surface area contributed by atoms with Gasteiger partial charge in [0.25, 0.3) is 5.91 Å². The molecule has 7 nitrogen and oxygen atoms in total. The molecule has 1 fully saturated rings. The maximum atomic E-state index is 11.6. The molecule has 0 bridgehead atoms. The number of hydrogen-bond donors (Lipinski definition) is 1. The van der Waals surface area contributed by atoms with Crippen LogP contribution in [0.25, 0.3) is 22.1 Å². The van der Waals surface area contributed by atoms with Gasteiger partial charge in [0.05, 0.1) is 26.5 Å². The number of carbonyl (C=O) groups is 1. The van der Waals surface area contributed by atoms with E-state index >= 15 is 0 Å². The maximum Gasteiger partial charge on any atom is 0.257 e. The molecule has 0 spiro atoms. The quantitative estimate of drug-likeness (QED) is 0.316. The number of hydrogen-bond acceptors (Lipinski definition) is 6. The Balaban J connectivity index is 1.13. The summed E-state index contributed by atoms with van der Waals surface area (Å²) in [5.74, 6) is 0.738. The summed E-state index contributed by atoms with van der Waals surface area (Å²) in [5, 5.41) is 1.79. The number of nitrogens with one attached hydrogen (secondary N) is 1. The first kappa shape index (κ1) is 24.5. The standard InChI is InChI=1S/C26H32ClN3O4/c1-32-28-26(31)18-30-14-12-29(13-15-30)11-3-2-4-16-33-22-9-10-23-24(19-34-25(23)17-22)20-5-7-21(27)8-6-20/h5-10,17,19H,2-4,11-16,18H2,1H3,(H,28,31). The second kappa shape index (κ2) is 12.2. The van der Waals surface area contributed by atoms with Gasteiger partial charge in [-0.15, -0.1) is 0 Å². The fraction of sp³-hybridized carbons (Fsp3) is 0.423. The van der Waals surface area contributed by atoms with E-state index in [9.17, 15) is 4.79 Å². The summed E-state index contributed by atoms with van der Waals surface area (Å²) in [7, 11) is 1.46. The van der Waals surface area contributed by atoms with E-state index < -0.39 is 0 Å². The molecule has 0 atom stereocenters. The summed E-state index contributed by atoms with van der Waals surface area (Å²) in [6.45, 7) is 5.99. The molecule has 8 heteroatoms. The third kappa shape index (κ3) is 6.73. The highest BCUT2D eigenvalue weighted by Crippen LogP contribution is 2.33. The molecule has 1 aliphatic heterocycles. The first-order valence-corrected chi connectivity index (χ1v) is 12.2. The monoisotopic (exact) mass is 485 g/mol. The van der Waals surface area contributed by atoms with Gasteiger partial charge in [-0.25, -0.2) is 5.48 Å². The average molecular weight is 486 g/mol. The van der Waals surface area contributed by atoms with Crippen molar-refractivity contribution in [2.75, 3.05) is 53.0 Å². The van der Waals surface area contributed by atoms with Crippen LogP contribution in [0.15, 0.2) is 53.1 Å². The van der Waals surface area contributed by atoms with E-state index in [1.54, 1.807) is 6.26 Å². The van der Waals surface area contributed by atoms with Crippen LogP contribution in [0.4, 0.5) is 0 Å². The van der Waals surface area contributed by atoms with Crippen molar-refractivity contribution in [1.82, 2.24) is 15.3 Å². The highest BCUT2D eigenvalue weighted by atomic mass is 35.5. The average Bonchev–Trinajstić information content (AvgIpc) is 3.26. The van der Waals surface area contributed by atoms with Crippen LogP contribution in [0.3, 0.4) is 0 Å². The molecular weight excluding hydrogens is 454 g/mol. The Morgan fingerprint density at radius 2 is 1.79 bits per heavy atom. The normalized spacial score (nSPS) is 15.0. The molecule has 2 heterocycles. The zero-order chi connectivity index (χ0) is 23.8. The van der Waals surface area contributed by atoms with E-state index in [4.69, 9.17) is 20.8 Å². The van der Waals surface area contributed by atoms with Gasteiger partial charge >= 0.3 is 0 Å². The van der Waals surface area contributed by atoms with E-state index in [-0.39, 0.29) is 5.91 Å². The number of amides is 1. The van der Waals surface area contributed by atoms with Crippen molar-refractivity contribution in [3.8, 4) is 16.9 Å². The van der Waals surface area contributed by atoms with Crippen LogP contribution in [0.1, 0.15) is 19.3 Å². The number of nitrogens with zero attached hydrogens (tertiary/aromatic N) is 2. The van der Waals surface area contributed by atoms with Crippen LogP contribution in [-0.4, -0.2) is 68.7 Å². The van der Waals surface area contributed by atoms with Crippen LogP contribution >= 0.6 is 11.6 Å². The third-order valence-corrected chi connectivity index (χ3v) is 6.39. The van der Waals surface area contributed by atoms with E-state index in [2.05, 4.69) is 26.2 Å². The summed E-state index contributed by atoms with van der Waals surface area (Å²) < 4.78 is 11.7. The predicted octanol–water partition coefficient (Wildman–Crippen LogP) is 4.60. The largest absolute Gasteiger partial charge is 0.493 e. The van der Waals surface area contributed by atoms with Crippen LogP contribution in [0.2, 0.25) is 5.02 Å². The number of piperazine rings is 1. The van der Waals surface area contributed by atoms with Crippen molar-refractivity contribution in [2.24, 2.45) is 0 Å². The lowest BCUT2D eigenvalue weighted by Crippen LogP contribution is -2.49. The van der Waals surface area contributed by atoms with E-state index in [1.807, 2.05) is 36.4 Å². The van der Waals surface area contributed by atoms with Gasteiger partial charge < -0.3 is 14.1 Å². The Hall–Kier alpha value is -2.58.